The minimum atomic E-state index is 0.337. The van der Waals surface area contributed by atoms with Crippen LogP contribution in [0.3, 0.4) is 0 Å². The lowest BCUT2D eigenvalue weighted by molar-refractivity contribution is 0.594. The highest BCUT2D eigenvalue weighted by Crippen LogP contribution is 2.07. The highest BCUT2D eigenvalue weighted by Gasteiger charge is 1.91. The van der Waals surface area contributed by atoms with E-state index in [1.165, 1.54) is 38.5 Å². The number of rotatable bonds is 8. The average molecular weight is 170 g/mol. The van der Waals surface area contributed by atoms with Gasteiger partial charge in [-0.1, -0.05) is 45.4 Å². The number of hydrogen-bond acceptors (Lipinski definition) is 1. The second kappa shape index (κ2) is 8.57. The van der Waals surface area contributed by atoms with Crippen LogP contribution >= 0.6 is 0 Å². The number of nitrogens with two attached hydrogens (primary N) is 1. The molecule has 0 unspecified atom stereocenters. The fourth-order valence-electron chi connectivity index (χ4n) is 1.27. The van der Waals surface area contributed by atoms with Crippen molar-refractivity contribution in [3.8, 4) is 0 Å². The van der Waals surface area contributed by atoms with Crippen LogP contribution in [0.5, 0.6) is 0 Å². The van der Waals surface area contributed by atoms with Gasteiger partial charge in [-0.15, -0.1) is 0 Å². The molecule has 0 aliphatic carbocycles. The maximum absolute atomic E-state index is 7.02. The molecule has 0 aliphatic rings. The first-order valence-electron chi connectivity index (χ1n) is 5.10. The highest BCUT2D eigenvalue weighted by molar-refractivity contribution is 5.76. The molecule has 0 radical (unpaired) electrons. The summed E-state index contributed by atoms with van der Waals surface area (Å²) in [6, 6.07) is 0. The van der Waals surface area contributed by atoms with Crippen LogP contribution in [-0.4, -0.2) is 5.84 Å². The minimum Gasteiger partial charge on any atom is -0.388 e. The zero-order valence-electron chi connectivity index (χ0n) is 8.23. The van der Waals surface area contributed by atoms with Crippen molar-refractivity contribution in [3.05, 3.63) is 0 Å². The Labute approximate surface area is 76.0 Å². The van der Waals surface area contributed by atoms with Crippen LogP contribution in [0.4, 0.5) is 0 Å². The van der Waals surface area contributed by atoms with E-state index in [1.54, 1.807) is 0 Å². The topological polar surface area (TPSA) is 49.9 Å². The summed E-state index contributed by atoms with van der Waals surface area (Å²) in [5.41, 5.74) is 5.24. The molecule has 0 aromatic carbocycles. The summed E-state index contributed by atoms with van der Waals surface area (Å²) >= 11 is 0. The van der Waals surface area contributed by atoms with Crippen molar-refractivity contribution in [2.75, 3.05) is 0 Å². The summed E-state index contributed by atoms with van der Waals surface area (Å²) < 4.78 is 0. The number of nitrogens with one attached hydrogen (secondary N) is 1. The first-order valence-corrected chi connectivity index (χ1v) is 5.10. The van der Waals surface area contributed by atoms with E-state index >= 15 is 0 Å². The Morgan fingerprint density at radius 3 is 2.00 bits per heavy atom. The lowest BCUT2D eigenvalue weighted by Gasteiger charge is -1.99. The molecule has 2 nitrogen and oxygen atoms in total. The molecule has 12 heavy (non-hydrogen) atoms. The predicted molar refractivity (Wildman–Crippen MR) is 54.5 cm³/mol. The van der Waals surface area contributed by atoms with Gasteiger partial charge in [-0.05, 0) is 6.42 Å². The van der Waals surface area contributed by atoms with Gasteiger partial charge in [0.05, 0.1) is 5.84 Å². The number of unbranched alkanes of at least 4 members (excludes halogenated alkanes) is 6. The number of hydrogen-bond donors (Lipinski definition) is 2. The normalized spacial score (nSPS) is 10.1. The predicted octanol–water partition coefficient (Wildman–Crippen LogP) is 3.06. The van der Waals surface area contributed by atoms with Crippen molar-refractivity contribution in [1.82, 2.24) is 0 Å². The summed E-state index contributed by atoms with van der Waals surface area (Å²) in [5, 5.41) is 7.02. The molecule has 0 aliphatic heterocycles. The summed E-state index contributed by atoms with van der Waals surface area (Å²) in [7, 11) is 0. The third-order valence-electron chi connectivity index (χ3n) is 2.05. The molecular formula is C10H22N2. The van der Waals surface area contributed by atoms with Crippen LogP contribution in [0, 0.1) is 5.41 Å². The van der Waals surface area contributed by atoms with Crippen molar-refractivity contribution >= 4 is 5.84 Å². The van der Waals surface area contributed by atoms with Crippen LogP contribution in [0.15, 0.2) is 0 Å². The number of amidine groups is 1. The lowest BCUT2D eigenvalue weighted by atomic mass is 10.1. The summed E-state index contributed by atoms with van der Waals surface area (Å²) in [6.07, 6.45) is 9.84. The first-order chi connectivity index (χ1) is 5.77. The standard InChI is InChI=1S/C10H22N2/c1-2-3-4-5-6-7-8-9-10(11)12/h2-9H2,1H3,(H3,11,12). The molecule has 0 saturated heterocycles. The van der Waals surface area contributed by atoms with Crippen LogP contribution in [0.25, 0.3) is 0 Å². The Bertz CT molecular complexity index is 110. The maximum atomic E-state index is 7.02. The zero-order valence-corrected chi connectivity index (χ0v) is 8.23. The quantitative estimate of drug-likeness (QED) is 0.328. The monoisotopic (exact) mass is 170 g/mol. The lowest BCUT2D eigenvalue weighted by Crippen LogP contribution is -2.08. The van der Waals surface area contributed by atoms with Crippen molar-refractivity contribution < 1.29 is 0 Å². The largest absolute Gasteiger partial charge is 0.388 e. The van der Waals surface area contributed by atoms with E-state index in [4.69, 9.17) is 11.1 Å². The fourth-order valence-corrected chi connectivity index (χ4v) is 1.27. The van der Waals surface area contributed by atoms with E-state index in [9.17, 15) is 0 Å². The van der Waals surface area contributed by atoms with E-state index in [0.717, 1.165) is 12.8 Å². The van der Waals surface area contributed by atoms with E-state index in [2.05, 4.69) is 6.92 Å². The van der Waals surface area contributed by atoms with E-state index in [0.29, 0.717) is 5.84 Å². The summed E-state index contributed by atoms with van der Waals surface area (Å²) in [4.78, 5) is 0. The van der Waals surface area contributed by atoms with Gasteiger partial charge in [-0.25, -0.2) is 0 Å². The molecule has 0 fully saturated rings. The molecule has 0 rings (SSSR count). The molecule has 0 aromatic heterocycles. The summed E-state index contributed by atoms with van der Waals surface area (Å²) in [6.45, 7) is 2.23. The van der Waals surface area contributed by atoms with Gasteiger partial charge in [0, 0.05) is 6.42 Å². The van der Waals surface area contributed by atoms with Crippen LogP contribution < -0.4 is 5.73 Å². The molecule has 2 heteroatoms. The van der Waals surface area contributed by atoms with Crippen molar-refractivity contribution in [3.63, 3.8) is 0 Å². The van der Waals surface area contributed by atoms with Crippen LogP contribution in [-0.2, 0) is 0 Å². The van der Waals surface area contributed by atoms with Gasteiger partial charge in [-0.2, -0.15) is 0 Å². The van der Waals surface area contributed by atoms with Crippen molar-refractivity contribution in [2.45, 2.75) is 58.3 Å². The van der Waals surface area contributed by atoms with Gasteiger partial charge >= 0.3 is 0 Å². The van der Waals surface area contributed by atoms with Crippen LogP contribution in [0.1, 0.15) is 58.3 Å². The van der Waals surface area contributed by atoms with E-state index in [-0.39, 0.29) is 0 Å². The smallest absolute Gasteiger partial charge is 0.0905 e. The second-order valence-electron chi connectivity index (χ2n) is 3.40. The zero-order chi connectivity index (χ0) is 9.23. The van der Waals surface area contributed by atoms with E-state index in [1.807, 2.05) is 0 Å². The summed E-state index contributed by atoms with van der Waals surface area (Å²) in [5.74, 6) is 0.337. The molecule has 3 N–H and O–H groups in total. The Hall–Kier alpha value is -0.530. The average Bonchev–Trinajstić information content (AvgIpc) is 2.02. The van der Waals surface area contributed by atoms with Gasteiger partial charge in [0.25, 0.3) is 0 Å². The second-order valence-corrected chi connectivity index (χ2v) is 3.40. The Morgan fingerprint density at radius 1 is 1.00 bits per heavy atom. The third-order valence-corrected chi connectivity index (χ3v) is 2.05. The third kappa shape index (κ3) is 9.47. The Morgan fingerprint density at radius 2 is 1.50 bits per heavy atom. The van der Waals surface area contributed by atoms with Crippen molar-refractivity contribution in [1.29, 1.82) is 5.41 Å². The van der Waals surface area contributed by atoms with Crippen LogP contribution in [0.2, 0.25) is 0 Å². The molecule has 0 spiro atoms. The van der Waals surface area contributed by atoms with Gasteiger partial charge in [0.15, 0.2) is 0 Å². The van der Waals surface area contributed by atoms with E-state index < -0.39 is 0 Å². The molecule has 0 saturated carbocycles. The SMILES string of the molecule is CCCCCCCCCC(=N)N. The molecule has 0 bridgehead atoms. The van der Waals surface area contributed by atoms with Gasteiger partial charge in [0.1, 0.15) is 0 Å². The van der Waals surface area contributed by atoms with Crippen molar-refractivity contribution in [2.24, 2.45) is 5.73 Å². The molecular weight excluding hydrogens is 148 g/mol. The Balaban J connectivity index is 2.86. The molecule has 0 amide bonds. The molecule has 0 aromatic rings. The molecule has 0 heterocycles. The fraction of sp³-hybridized carbons (Fsp3) is 0.900. The molecule has 72 valence electrons. The minimum absolute atomic E-state index is 0.337. The van der Waals surface area contributed by atoms with Gasteiger partial charge in [0.2, 0.25) is 0 Å². The first kappa shape index (κ1) is 11.5. The highest BCUT2D eigenvalue weighted by atomic mass is 14.7. The van der Waals surface area contributed by atoms with Gasteiger partial charge in [-0.3, -0.25) is 5.41 Å². The maximum Gasteiger partial charge on any atom is 0.0905 e. The Kier molecular flexibility index (Phi) is 8.19. The molecule has 0 atom stereocenters. The van der Waals surface area contributed by atoms with Gasteiger partial charge < -0.3 is 5.73 Å².